The molecular formula is C16H27N3O2. The van der Waals surface area contributed by atoms with Gasteiger partial charge in [0.25, 0.3) is 0 Å². The highest BCUT2D eigenvalue weighted by Crippen LogP contribution is 2.39. The highest BCUT2D eigenvalue weighted by molar-refractivity contribution is 5.77. The van der Waals surface area contributed by atoms with Gasteiger partial charge in [-0.3, -0.25) is 0 Å². The van der Waals surface area contributed by atoms with Crippen molar-refractivity contribution in [2.75, 3.05) is 26.3 Å². The second-order valence-electron chi connectivity index (χ2n) is 6.14. The monoisotopic (exact) mass is 293 g/mol. The molecule has 0 aromatic rings. The SMILES string of the molecule is C=C(NC(=O)N1CCC2(CCOCC2)C1)/C(N)=C\CCC. The Bertz CT molecular complexity index is 425. The lowest BCUT2D eigenvalue weighted by molar-refractivity contribution is 0.0209. The van der Waals surface area contributed by atoms with Crippen LogP contribution in [0.4, 0.5) is 4.79 Å². The molecule has 2 amide bonds. The standard InChI is InChI=1S/C16H27N3O2/c1-3-4-5-14(17)13(2)18-15(20)19-9-6-16(12-19)7-10-21-11-8-16/h5H,2-4,6-12,17H2,1H3,(H,18,20)/b14-5+. The van der Waals surface area contributed by atoms with E-state index in [-0.39, 0.29) is 11.4 Å². The van der Waals surface area contributed by atoms with Gasteiger partial charge in [0.15, 0.2) is 0 Å². The van der Waals surface area contributed by atoms with Crippen molar-refractivity contribution in [1.29, 1.82) is 0 Å². The molecule has 2 aliphatic heterocycles. The van der Waals surface area contributed by atoms with Crippen LogP contribution in [0.15, 0.2) is 24.0 Å². The number of unbranched alkanes of at least 4 members (excludes halogenated alkanes) is 1. The molecule has 0 bridgehead atoms. The number of hydrogen-bond donors (Lipinski definition) is 2. The van der Waals surface area contributed by atoms with E-state index < -0.39 is 0 Å². The minimum Gasteiger partial charge on any atom is -0.397 e. The number of ether oxygens (including phenoxy) is 1. The number of hydrogen-bond acceptors (Lipinski definition) is 3. The summed E-state index contributed by atoms with van der Waals surface area (Å²) >= 11 is 0. The van der Waals surface area contributed by atoms with Crippen molar-refractivity contribution in [3.8, 4) is 0 Å². The number of amides is 2. The fourth-order valence-electron chi connectivity index (χ4n) is 3.02. The fraction of sp³-hybridized carbons (Fsp3) is 0.688. The number of nitrogens with one attached hydrogen (secondary N) is 1. The molecule has 5 heteroatoms. The number of nitrogens with two attached hydrogens (primary N) is 1. The molecular weight excluding hydrogens is 266 g/mol. The molecule has 3 N–H and O–H groups in total. The van der Waals surface area contributed by atoms with Gasteiger partial charge in [0, 0.05) is 26.3 Å². The number of urea groups is 1. The molecule has 0 aromatic heterocycles. The summed E-state index contributed by atoms with van der Waals surface area (Å²) in [6.07, 6.45) is 7.00. The van der Waals surface area contributed by atoms with Gasteiger partial charge >= 0.3 is 6.03 Å². The summed E-state index contributed by atoms with van der Waals surface area (Å²) < 4.78 is 5.43. The number of carbonyl (C=O) groups excluding carboxylic acids is 1. The molecule has 118 valence electrons. The predicted octanol–water partition coefficient (Wildman–Crippen LogP) is 2.35. The lowest BCUT2D eigenvalue weighted by atomic mass is 9.80. The average molecular weight is 293 g/mol. The topological polar surface area (TPSA) is 67.6 Å². The van der Waals surface area contributed by atoms with Crippen molar-refractivity contribution in [3.05, 3.63) is 24.0 Å². The van der Waals surface area contributed by atoms with Gasteiger partial charge < -0.3 is 20.7 Å². The summed E-state index contributed by atoms with van der Waals surface area (Å²) in [5.41, 5.74) is 7.22. The Kier molecular flexibility index (Phi) is 5.28. The molecule has 2 aliphatic rings. The second-order valence-corrected chi connectivity index (χ2v) is 6.14. The van der Waals surface area contributed by atoms with Crippen LogP contribution in [0, 0.1) is 5.41 Å². The summed E-state index contributed by atoms with van der Waals surface area (Å²) in [7, 11) is 0. The third kappa shape index (κ3) is 4.00. The van der Waals surface area contributed by atoms with Crippen molar-refractivity contribution in [2.45, 2.75) is 39.0 Å². The average Bonchev–Trinajstić information content (AvgIpc) is 2.89. The lowest BCUT2D eigenvalue weighted by Crippen LogP contribution is -2.41. The van der Waals surface area contributed by atoms with Crippen molar-refractivity contribution >= 4 is 6.03 Å². The van der Waals surface area contributed by atoms with E-state index in [1.807, 2.05) is 11.0 Å². The van der Waals surface area contributed by atoms with E-state index in [1.54, 1.807) is 0 Å². The first-order valence-electron chi connectivity index (χ1n) is 7.85. The Balaban J connectivity index is 1.85. The van der Waals surface area contributed by atoms with Gasteiger partial charge in [-0.1, -0.05) is 26.0 Å². The van der Waals surface area contributed by atoms with Gasteiger partial charge in [0.05, 0.1) is 11.4 Å². The highest BCUT2D eigenvalue weighted by atomic mass is 16.5. The van der Waals surface area contributed by atoms with Crippen LogP contribution in [0.25, 0.3) is 0 Å². The predicted molar refractivity (Wildman–Crippen MR) is 83.5 cm³/mol. The molecule has 5 nitrogen and oxygen atoms in total. The van der Waals surface area contributed by atoms with E-state index >= 15 is 0 Å². The Morgan fingerprint density at radius 2 is 2.14 bits per heavy atom. The van der Waals surface area contributed by atoms with Gasteiger partial charge in [0.1, 0.15) is 0 Å². The Hall–Kier alpha value is -1.49. The summed E-state index contributed by atoms with van der Waals surface area (Å²) in [5, 5.41) is 2.82. The van der Waals surface area contributed by atoms with Gasteiger partial charge in [-0.25, -0.2) is 4.79 Å². The van der Waals surface area contributed by atoms with E-state index in [0.29, 0.717) is 11.4 Å². The van der Waals surface area contributed by atoms with Crippen molar-refractivity contribution < 1.29 is 9.53 Å². The first kappa shape index (κ1) is 15.9. The zero-order chi connectivity index (χ0) is 15.3. The first-order chi connectivity index (χ1) is 10.1. The molecule has 2 rings (SSSR count). The van der Waals surface area contributed by atoms with Crippen LogP contribution in [-0.4, -0.2) is 37.2 Å². The summed E-state index contributed by atoms with van der Waals surface area (Å²) in [6, 6.07) is -0.0868. The second kappa shape index (κ2) is 6.98. The minimum atomic E-state index is -0.0868. The van der Waals surface area contributed by atoms with Gasteiger partial charge in [-0.15, -0.1) is 0 Å². The van der Waals surface area contributed by atoms with E-state index in [4.69, 9.17) is 10.5 Å². The van der Waals surface area contributed by atoms with E-state index in [9.17, 15) is 4.79 Å². The van der Waals surface area contributed by atoms with Gasteiger partial charge in [-0.05, 0) is 31.1 Å². The zero-order valence-electron chi connectivity index (χ0n) is 13.0. The number of rotatable bonds is 4. The molecule has 0 atom stereocenters. The molecule has 1 spiro atoms. The summed E-state index contributed by atoms with van der Waals surface area (Å²) in [5.74, 6) is 0. The Labute approximate surface area is 127 Å². The number of carbonyl (C=O) groups is 1. The maximum absolute atomic E-state index is 12.3. The van der Waals surface area contributed by atoms with E-state index in [0.717, 1.165) is 58.4 Å². The quantitative estimate of drug-likeness (QED) is 0.782. The largest absolute Gasteiger partial charge is 0.397 e. The van der Waals surface area contributed by atoms with Crippen molar-refractivity contribution in [1.82, 2.24) is 10.2 Å². The maximum Gasteiger partial charge on any atom is 0.321 e. The lowest BCUT2D eigenvalue weighted by Gasteiger charge is -2.33. The van der Waals surface area contributed by atoms with Crippen molar-refractivity contribution in [3.63, 3.8) is 0 Å². The minimum absolute atomic E-state index is 0.0868. The van der Waals surface area contributed by atoms with Crippen LogP contribution in [0.1, 0.15) is 39.0 Å². The number of nitrogens with zero attached hydrogens (tertiary/aromatic N) is 1. The van der Waals surface area contributed by atoms with Gasteiger partial charge in [-0.2, -0.15) is 0 Å². The van der Waals surface area contributed by atoms with Crippen LogP contribution >= 0.6 is 0 Å². The van der Waals surface area contributed by atoms with Crippen LogP contribution < -0.4 is 11.1 Å². The normalized spacial score (nSPS) is 21.6. The van der Waals surface area contributed by atoms with E-state index in [2.05, 4.69) is 18.8 Å². The molecule has 2 heterocycles. The third-order valence-electron chi connectivity index (χ3n) is 4.54. The zero-order valence-corrected chi connectivity index (χ0v) is 13.0. The summed E-state index contributed by atoms with van der Waals surface area (Å²) in [4.78, 5) is 14.2. The molecule has 21 heavy (non-hydrogen) atoms. The van der Waals surface area contributed by atoms with Crippen LogP contribution in [0.2, 0.25) is 0 Å². The first-order valence-corrected chi connectivity index (χ1v) is 7.85. The maximum atomic E-state index is 12.3. The molecule has 2 saturated heterocycles. The molecule has 0 aliphatic carbocycles. The molecule has 0 aromatic carbocycles. The van der Waals surface area contributed by atoms with Gasteiger partial charge in [0.2, 0.25) is 0 Å². The number of likely N-dealkylation sites (tertiary alicyclic amines) is 1. The Morgan fingerprint density at radius 3 is 2.81 bits per heavy atom. The summed E-state index contributed by atoms with van der Waals surface area (Å²) in [6.45, 7) is 9.18. The van der Waals surface area contributed by atoms with Crippen LogP contribution in [0.3, 0.4) is 0 Å². The van der Waals surface area contributed by atoms with Crippen LogP contribution in [0.5, 0.6) is 0 Å². The smallest absolute Gasteiger partial charge is 0.321 e. The van der Waals surface area contributed by atoms with E-state index in [1.165, 1.54) is 0 Å². The number of allylic oxidation sites excluding steroid dienone is 1. The van der Waals surface area contributed by atoms with Crippen LogP contribution in [-0.2, 0) is 4.74 Å². The molecule has 2 fully saturated rings. The highest BCUT2D eigenvalue weighted by Gasteiger charge is 2.40. The fourth-order valence-corrected chi connectivity index (χ4v) is 3.02. The molecule has 0 saturated carbocycles. The Morgan fingerprint density at radius 1 is 1.43 bits per heavy atom. The molecule has 0 unspecified atom stereocenters. The third-order valence-corrected chi connectivity index (χ3v) is 4.54. The molecule has 0 radical (unpaired) electrons. The van der Waals surface area contributed by atoms with Crippen molar-refractivity contribution in [2.24, 2.45) is 11.1 Å².